The van der Waals surface area contributed by atoms with E-state index in [2.05, 4.69) is 4.98 Å². The zero-order valence-electron chi connectivity index (χ0n) is 18.3. The summed E-state index contributed by atoms with van der Waals surface area (Å²) in [5.74, 6) is 1.37. The van der Waals surface area contributed by atoms with E-state index in [1.165, 1.54) is 11.3 Å². The third-order valence-corrected chi connectivity index (χ3v) is 7.20. The number of aromatic nitrogens is 2. The summed E-state index contributed by atoms with van der Waals surface area (Å²) < 4.78 is 12.3. The molecule has 7 nitrogen and oxygen atoms in total. The summed E-state index contributed by atoms with van der Waals surface area (Å²) in [6, 6.07) is 5.81. The monoisotopic (exact) mass is 441 g/mol. The number of aryl methyl sites for hydroxylation is 3. The molecule has 1 amide bonds. The van der Waals surface area contributed by atoms with E-state index in [4.69, 9.17) is 9.47 Å². The SMILES string of the molecule is COc1ccc([C@@H]2CCCN2C(=O)CCn2cnc3sc(C)c(C)c3c2=O)cc1OC. The number of thiophene rings is 1. The van der Waals surface area contributed by atoms with Crippen LogP contribution in [0.25, 0.3) is 10.2 Å². The molecule has 3 heterocycles. The Kier molecular flexibility index (Phi) is 6.00. The van der Waals surface area contributed by atoms with Gasteiger partial charge in [0.2, 0.25) is 5.91 Å². The average Bonchev–Trinajstić information content (AvgIpc) is 3.38. The van der Waals surface area contributed by atoms with Crippen molar-refractivity contribution in [1.82, 2.24) is 14.5 Å². The van der Waals surface area contributed by atoms with Crippen molar-refractivity contribution in [3.05, 3.63) is 50.9 Å². The van der Waals surface area contributed by atoms with Crippen molar-refractivity contribution in [2.45, 2.75) is 45.7 Å². The molecule has 1 aliphatic rings. The van der Waals surface area contributed by atoms with Crippen molar-refractivity contribution < 1.29 is 14.3 Å². The maximum Gasteiger partial charge on any atom is 0.262 e. The van der Waals surface area contributed by atoms with Crippen LogP contribution in [0.2, 0.25) is 0 Å². The third kappa shape index (κ3) is 3.92. The van der Waals surface area contributed by atoms with E-state index in [1.54, 1.807) is 25.1 Å². The van der Waals surface area contributed by atoms with Crippen LogP contribution in [0.1, 0.15) is 41.3 Å². The van der Waals surface area contributed by atoms with Crippen molar-refractivity contribution in [3.63, 3.8) is 0 Å². The Bertz CT molecular complexity index is 1180. The van der Waals surface area contributed by atoms with E-state index >= 15 is 0 Å². The number of nitrogens with zero attached hydrogens (tertiary/aromatic N) is 3. The van der Waals surface area contributed by atoms with Crippen LogP contribution in [-0.2, 0) is 11.3 Å². The van der Waals surface area contributed by atoms with Gasteiger partial charge in [-0.25, -0.2) is 4.98 Å². The first-order chi connectivity index (χ1) is 14.9. The van der Waals surface area contributed by atoms with Crippen LogP contribution >= 0.6 is 11.3 Å². The lowest BCUT2D eigenvalue weighted by molar-refractivity contribution is -0.132. The van der Waals surface area contributed by atoms with E-state index in [0.29, 0.717) is 30.0 Å². The van der Waals surface area contributed by atoms with Crippen LogP contribution < -0.4 is 15.0 Å². The molecule has 3 aromatic rings. The normalized spacial score (nSPS) is 16.1. The zero-order chi connectivity index (χ0) is 22.1. The molecule has 164 valence electrons. The Morgan fingerprint density at radius 3 is 2.74 bits per heavy atom. The Hall–Kier alpha value is -2.87. The Morgan fingerprint density at radius 2 is 2.00 bits per heavy atom. The summed E-state index contributed by atoms with van der Waals surface area (Å²) in [7, 11) is 3.22. The number of hydrogen-bond donors (Lipinski definition) is 0. The number of fused-ring (bicyclic) bond motifs is 1. The van der Waals surface area contributed by atoms with Crippen molar-refractivity contribution >= 4 is 27.5 Å². The number of amides is 1. The molecule has 0 N–H and O–H groups in total. The van der Waals surface area contributed by atoms with Crippen molar-refractivity contribution in [3.8, 4) is 11.5 Å². The van der Waals surface area contributed by atoms with Gasteiger partial charge in [-0.05, 0) is 49.9 Å². The average molecular weight is 442 g/mol. The van der Waals surface area contributed by atoms with Gasteiger partial charge in [0.1, 0.15) is 4.83 Å². The molecule has 1 aromatic carbocycles. The minimum absolute atomic E-state index is 0.00593. The number of likely N-dealkylation sites (tertiary alicyclic amines) is 1. The molecule has 0 radical (unpaired) electrons. The van der Waals surface area contributed by atoms with Gasteiger partial charge in [0, 0.05) is 24.4 Å². The number of carbonyl (C=O) groups excluding carboxylic acids is 1. The van der Waals surface area contributed by atoms with Crippen LogP contribution in [0.4, 0.5) is 0 Å². The fraction of sp³-hybridized carbons (Fsp3) is 0.435. The van der Waals surface area contributed by atoms with Crippen LogP contribution in [-0.4, -0.2) is 41.1 Å². The number of ether oxygens (including phenoxy) is 2. The summed E-state index contributed by atoms with van der Waals surface area (Å²) in [6.45, 7) is 4.98. The molecule has 1 fully saturated rings. The molecule has 0 saturated carbocycles. The van der Waals surface area contributed by atoms with E-state index in [0.717, 1.165) is 33.7 Å². The van der Waals surface area contributed by atoms with Crippen molar-refractivity contribution in [2.75, 3.05) is 20.8 Å². The molecule has 0 bridgehead atoms. The third-order valence-electron chi connectivity index (χ3n) is 6.09. The number of rotatable bonds is 6. The van der Waals surface area contributed by atoms with Gasteiger partial charge in [-0.3, -0.25) is 14.2 Å². The molecule has 0 spiro atoms. The molecule has 8 heteroatoms. The second-order valence-electron chi connectivity index (χ2n) is 7.82. The number of benzene rings is 1. The zero-order valence-corrected chi connectivity index (χ0v) is 19.1. The second kappa shape index (κ2) is 8.70. The second-order valence-corrected chi connectivity index (χ2v) is 9.02. The first-order valence-electron chi connectivity index (χ1n) is 10.4. The van der Waals surface area contributed by atoms with Gasteiger partial charge in [-0.1, -0.05) is 6.07 Å². The Morgan fingerprint density at radius 1 is 1.23 bits per heavy atom. The van der Waals surface area contributed by atoms with Gasteiger partial charge in [0.05, 0.1) is 32.0 Å². The van der Waals surface area contributed by atoms with Gasteiger partial charge in [-0.15, -0.1) is 11.3 Å². The highest BCUT2D eigenvalue weighted by Gasteiger charge is 2.30. The molecule has 0 unspecified atom stereocenters. The smallest absolute Gasteiger partial charge is 0.262 e. The highest BCUT2D eigenvalue weighted by atomic mass is 32.1. The molecule has 1 saturated heterocycles. The predicted molar refractivity (Wildman–Crippen MR) is 121 cm³/mol. The number of hydrogen-bond acceptors (Lipinski definition) is 6. The molecule has 31 heavy (non-hydrogen) atoms. The topological polar surface area (TPSA) is 73.7 Å². The maximum absolute atomic E-state index is 13.1. The first-order valence-corrected chi connectivity index (χ1v) is 11.2. The summed E-state index contributed by atoms with van der Waals surface area (Å²) in [5, 5.41) is 0.668. The summed E-state index contributed by atoms with van der Waals surface area (Å²) in [6.07, 6.45) is 3.68. The molecular weight excluding hydrogens is 414 g/mol. The largest absolute Gasteiger partial charge is 0.493 e. The highest BCUT2D eigenvalue weighted by Crippen LogP contribution is 2.37. The van der Waals surface area contributed by atoms with E-state index in [-0.39, 0.29) is 23.9 Å². The van der Waals surface area contributed by atoms with E-state index in [1.807, 2.05) is 36.9 Å². The molecular formula is C23H27N3O4S. The van der Waals surface area contributed by atoms with Gasteiger partial charge in [0.15, 0.2) is 11.5 Å². The van der Waals surface area contributed by atoms with Gasteiger partial charge >= 0.3 is 0 Å². The lowest BCUT2D eigenvalue weighted by Crippen LogP contribution is -2.32. The number of methoxy groups -OCH3 is 2. The van der Waals surface area contributed by atoms with Gasteiger partial charge < -0.3 is 14.4 Å². The fourth-order valence-corrected chi connectivity index (χ4v) is 5.25. The first kappa shape index (κ1) is 21.4. The van der Waals surface area contributed by atoms with E-state index in [9.17, 15) is 9.59 Å². The summed E-state index contributed by atoms with van der Waals surface area (Å²) >= 11 is 1.53. The van der Waals surface area contributed by atoms with Crippen LogP contribution in [0.15, 0.2) is 29.3 Å². The van der Waals surface area contributed by atoms with Crippen molar-refractivity contribution in [2.24, 2.45) is 0 Å². The van der Waals surface area contributed by atoms with E-state index < -0.39 is 0 Å². The summed E-state index contributed by atoms with van der Waals surface area (Å²) in [4.78, 5) is 34.2. The Balaban J connectivity index is 1.51. The lowest BCUT2D eigenvalue weighted by Gasteiger charge is -2.26. The number of carbonyl (C=O) groups is 1. The standard InChI is InChI=1S/C23H27N3O4S/c1-14-15(2)31-22-21(14)23(28)25(13-24-22)11-9-20(27)26-10-5-6-17(26)16-7-8-18(29-3)19(12-16)30-4/h7-8,12-13,17H,5-6,9-11H2,1-4H3/t17-/m0/s1. The molecule has 4 rings (SSSR count). The highest BCUT2D eigenvalue weighted by molar-refractivity contribution is 7.18. The van der Waals surface area contributed by atoms with Gasteiger partial charge in [-0.2, -0.15) is 0 Å². The minimum atomic E-state index is -0.0717. The molecule has 0 aliphatic carbocycles. The lowest BCUT2D eigenvalue weighted by atomic mass is 10.0. The van der Waals surface area contributed by atoms with Crippen LogP contribution in [0.3, 0.4) is 0 Å². The van der Waals surface area contributed by atoms with Gasteiger partial charge in [0.25, 0.3) is 5.56 Å². The molecule has 1 atom stereocenters. The fourth-order valence-electron chi connectivity index (χ4n) is 4.26. The van der Waals surface area contributed by atoms with Crippen LogP contribution in [0.5, 0.6) is 11.5 Å². The maximum atomic E-state index is 13.1. The molecule has 1 aliphatic heterocycles. The molecule has 2 aromatic heterocycles. The summed E-state index contributed by atoms with van der Waals surface area (Å²) in [5.41, 5.74) is 1.94. The predicted octanol–water partition coefficient (Wildman–Crippen LogP) is 3.85. The Labute approximate surface area is 185 Å². The van der Waals surface area contributed by atoms with Crippen LogP contribution in [0, 0.1) is 13.8 Å². The minimum Gasteiger partial charge on any atom is -0.493 e. The van der Waals surface area contributed by atoms with Crippen molar-refractivity contribution in [1.29, 1.82) is 0 Å². The quantitative estimate of drug-likeness (QED) is 0.581.